The first-order valence-corrected chi connectivity index (χ1v) is 8.07. The van der Waals surface area contributed by atoms with E-state index >= 15 is 0 Å². The lowest BCUT2D eigenvalue weighted by Crippen LogP contribution is -2.32. The summed E-state index contributed by atoms with van der Waals surface area (Å²) in [6.07, 6.45) is 0.998. The minimum absolute atomic E-state index is 0.138. The number of carbonyl (C=O) groups excluding carboxylic acids is 1. The van der Waals surface area contributed by atoms with Gasteiger partial charge in [0.25, 0.3) is 10.0 Å². The third-order valence-corrected chi connectivity index (χ3v) is 4.34. The highest BCUT2D eigenvalue weighted by atomic mass is 79.9. The van der Waals surface area contributed by atoms with E-state index in [9.17, 15) is 17.6 Å². The first-order valence-electron chi connectivity index (χ1n) is 5.79. The van der Waals surface area contributed by atoms with Gasteiger partial charge in [0.05, 0.1) is 6.42 Å². The molecule has 0 saturated carbocycles. The zero-order valence-corrected chi connectivity index (χ0v) is 13.0. The molecule has 110 valence electrons. The van der Waals surface area contributed by atoms with Gasteiger partial charge in [-0.3, -0.25) is 4.79 Å². The van der Waals surface area contributed by atoms with Gasteiger partial charge in [0.1, 0.15) is 0 Å². The van der Waals surface area contributed by atoms with Crippen LogP contribution in [0.5, 0.6) is 0 Å². The van der Waals surface area contributed by atoms with Crippen LogP contribution in [0.1, 0.15) is 5.56 Å². The number of carbonyl (C=O) groups is 1. The lowest BCUT2D eigenvalue weighted by Gasteiger charge is -2.07. The summed E-state index contributed by atoms with van der Waals surface area (Å²) >= 11 is 3.25. The molecule has 0 bridgehead atoms. The van der Waals surface area contributed by atoms with Gasteiger partial charge in [-0.1, -0.05) is 28.1 Å². The van der Waals surface area contributed by atoms with E-state index in [2.05, 4.69) is 20.9 Å². The van der Waals surface area contributed by atoms with Crippen LogP contribution in [0.25, 0.3) is 0 Å². The summed E-state index contributed by atoms with van der Waals surface area (Å²) in [7, 11) is -4.31. The number of pyridine rings is 1. The third kappa shape index (κ3) is 4.08. The highest BCUT2D eigenvalue weighted by Gasteiger charge is 2.22. The van der Waals surface area contributed by atoms with E-state index in [1.165, 1.54) is 6.07 Å². The molecule has 1 heterocycles. The van der Waals surface area contributed by atoms with Crippen molar-refractivity contribution in [2.24, 2.45) is 0 Å². The maximum Gasteiger partial charge on any atom is 0.284 e. The molecule has 0 aliphatic heterocycles. The van der Waals surface area contributed by atoms with Gasteiger partial charge < -0.3 is 0 Å². The van der Waals surface area contributed by atoms with Gasteiger partial charge in [-0.2, -0.15) is 8.42 Å². The van der Waals surface area contributed by atoms with E-state index in [-0.39, 0.29) is 6.42 Å². The summed E-state index contributed by atoms with van der Waals surface area (Å²) in [5.41, 5.74) is 0.632. The Morgan fingerprint density at radius 1 is 1.24 bits per heavy atom. The number of hydrogen-bond acceptors (Lipinski definition) is 4. The molecular weight excluding hydrogens is 363 g/mol. The number of halogens is 2. The topological polar surface area (TPSA) is 76.1 Å². The van der Waals surface area contributed by atoms with Crippen molar-refractivity contribution >= 4 is 31.9 Å². The number of nitrogens with zero attached hydrogens (tertiary/aromatic N) is 1. The fourth-order valence-corrected chi connectivity index (χ4v) is 2.85. The molecule has 2 aromatic rings. The lowest BCUT2D eigenvalue weighted by atomic mass is 10.1. The molecule has 5 nitrogen and oxygen atoms in total. The van der Waals surface area contributed by atoms with Crippen molar-refractivity contribution < 1.29 is 17.6 Å². The largest absolute Gasteiger partial charge is 0.284 e. The summed E-state index contributed by atoms with van der Waals surface area (Å²) in [5, 5.41) is -0.797. The Labute approximate surface area is 129 Å². The minimum atomic E-state index is -4.31. The minimum Gasteiger partial charge on any atom is -0.274 e. The van der Waals surface area contributed by atoms with E-state index < -0.39 is 26.8 Å². The number of nitrogens with one attached hydrogen (secondary N) is 1. The van der Waals surface area contributed by atoms with Crippen LogP contribution in [0, 0.1) is 5.82 Å². The van der Waals surface area contributed by atoms with Crippen LogP contribution in [-0.2, 0) is 21.2 Å². The smallest absolute Gasteiger partial charge is 0.274 e. The van der Waals surface area contributed by atoms with Gasteiger partial charge in [-0.15, -0.1) is 0 Å². The zero-order chi connectivity index (χ0) is 15.5. The molecule has 1 amide bonds. The normalized spacial score (nSPS) is 11.1. The predicted octanol–water partition coefficient (Wildman–Crippen LogP) is 2.03. The van der Waals surface area contributed by atoms with Gasteiger partial charge in [-0.05, 0) is 29.8 Å². The van der Waals surface area contributed by atoms with Crippen molar-refractivity contribution in [2.45, 2.75) is 11.4 Å². The van der Waals surface area contributed by atoms with Crippen molar-refractivity contribution in [3.63, 3.8) is 0 Å². The Morgan fingerprint density at radius 3 is 2.52 bits per heavy atom. The molecule has 0 fully saturated rings. The number of hydrogen-bond donors (Lipinski definition) is 1. The van der Waals surface area contributed by atoms with Gasteiger partial charge >= 0.3 is 0 Å². The van der Waals surface area contributed by atoms with E-state index in [1.54, 1.807) is 29.0 Å². The first kappa shape index (κ1) is 15.6. The molecule has 0 aliphatic rings. The number of aromatic nitrogens is 1. The molecule has 21 heavy (non-hydrogen) atoms. The van der Waals surface area contributed by atoms with Crippen LogP contribution < -0.4 is 4.72 Å². The van der Waals surface area contributed by atoms with Crippen LogP contribution in [0.15, 0.2) is 52.1 Å². The van der Waals surface area contributed by atoms with Gasteiger partial charge in [-0.25, -0.2) is 14.1 Å². The van der Waals surface area contributed by atoms with E-state index in [0.717, 1.165) is 16.7 Å². The van der Waals surface area contributed by atoms with Crippen molar-refractivity contribution in [1.29, 1.82) is 0 Å². The number of benzene rings is 1. The molecule has 1 aromatic carbocycles. The molecule has 0 aliphatic carbocycles. The molecule has 0 radical (unpaired) electrons. The highest BCUT2D eigenvalue weighted by molar-refractivity contribution is 9.10. The Balaban J connectivity index is 2.12. The molecular formula is C13H10BrFN2O3S. The molecule has 0 saturated heterocycles. The summed E-state index contributed by atoms with van der Waals surface area (Å²) in [5.74, 6) is -1.77. The van der Waals surface area contributed by atoms with Crippen molar-refractivity contribution in [2.75, 3.05) is 0 Å². The fourth-order valence-electron chi connectivity index (χ4n) is 1.59. The molecule has 0 atom stereocenters. The van der Waals surface area contributed by atoms with Gasteiger partial charge in [0.15, 0.2) is 5.82 Å². The summed E-state index contributed by atoms with van der Waals surface area (Å²) in [6, 6.07) is 9.04. The van der Waals surface area contributed by atoms with Crippen molar-refractivity contribution in [3.8, 4) is 0 Å². The molecule has 8 heteroatoms. The molecule has 0 unspecified atom stereocenters. The van der Waals surface area contributed by atoms with Crippen LogP contribution in [0.3, 0.4) is 0 Å². The van der Waals surface area contributed by atoms with Gasteiger partial charge in [0, 0.05) is 10.7 Å². The quantitative estimate of drug-likeness (QED) is 0.890. The Kier molecular flexibility index (Phi) is 4.69. The number of sulfonamides is 1. The van der Waals surface area contributed by atoms with Gasteiger partial charge in [0.2, 0.25) is 10.9 Å². The predicted molar refractivity (Wildman–Crippen MR) is 77.4 cm³/mol. The fraction of sp³-hybridized carbons (Fsp3) is 0.0769. The average molecular weight is 373 g/mol. The lowest BCUT2D eigenvalue weighted by molar-refractivity contribution is -0.118. The van der Waals surface area contributed by atoms with Crippen LogP contribution in [-0.4, -0.2) is 19.3 Å². The van der Waals surface area contributed by atoms with Crippen molar-refractivity contribution in [3.05, 3.63) is 58.4 Å². The first-order chi connectivity index (χ1) is 9.88. The van der Waals surface area contributed by atoms with E-state index in [0.29, 0.717) is 5.56 Å². The molecule has 2 rings (SSSR count). The van der Waals surface area contributed by atoms with Crippen LogP contribution in [0.4, 0.5) is 4.39 Å². The standard InChI is InChI=1S/C13H10BrFN2O3S/c14-10-5-3-9(4-6-10)8-12(18)17-21(19,20)13-11(15)2-1-7-16-13/h1-7H,8H2,(H,17,18). The Hall–Kier alpha value is -1.80. The second-order valence-electron chi connectivity index (χ2n) is 4.12. The van der Waals surface area contributed by atoms with Crippen LogP contribution in [0.2, 0.25) is 0 Å². The molecule has 1 N–H and O–H groups in total. The Bertz CT molecular complexity index is 763. The van der Waals surface area contributed by atoms with Crippen LogP contribution >= 0.6 is 15.9 Å². The molecule has 1 aromatic heterocycles. The van der Waals surface area contributed by atoms with E-state index in [4.69, 9.17) is 0 Å². The van der Waals surface area contributed by atoms with Crippen molar-refractivity contribution in [1.82, 2.24) is 9.71 Å². The third-order valence-electron chi connectivity index (χ3n) is 2.51. The summed E-state index contributed by atoms with van der Waals surface area (Å²) in [6.45, 7) is 0. The maximum atomic E-state index is 13.4. The maximum absolute atomic E-state index is 13.4. The number of amides is 1. The zero-order valence-electron chi connectivity index (χ0n) is 10.6. The van der Waals surface area contributed by atoms with E-state index in [1.807, 2.05) is 0 Å². The molecule has 0 spiro atoms. The number of rotatable bonds is 4. The summed E-state index contributed by atoms with van der Waals surface area (Å²) < 4.78 is 39.8. The Morgan fingerprint density at radius 2 is 1.90 bits per heavy atom. The SMILES string of the molecule is O=C(Cc1ccc(Br)cc1)NS(=O)(=O)c1ncccc1F. The average Bonchev–Trinajstić information content (AvgIpc) is 2.41. The second kappa shape index (κ2) is 6.31. The summed E-state index contributed by atoms with van der Waals surface area (Å²) in [4.78, 5) is 15.2. The second-order valence-corrected chi connectivity index (χ2v) is 6.64. The monoisotopic (exact) mass is 372 g/mol. The highest BCUT2D eigenvalue weighted by Crippen LogP contribution is 2.12.